The van der Waals surface area contributed by atoms with Crippen LogP contribution in [0.15, 0.2) is 48.5 Å². The molecule has 0 saturated carbocycles. The number of carbonyl (C=O) groups excluding carboxylic acids is 1. The molecule has 0 unspecified atom stereocenters. The standard InChI is InChI=1S/C17H16FNO4/c18-13-5-1-2-6-14(13)22-11-17(20)19-9-12-10-21-15-7-3-4-8-16(15)23-12/h1-8,12H,9-11H2,(H,19,20)/t12-/m0/s1. The Morgan fingerprint density at radius 3 is 2.74 bits per heavy atom. The molecule has 0 saturated heterocycles. The Balaban J connectivity index is 1.44. The van der Waals surface area contributed by atoms with E-state index in [4.69, 9.17) is 14.2 Å². The summed E-state index contributed by atoms with van der Waals surface area (Å²) < 4.78 is 29.8. The number of ether oxygens (including phenoxy) is 3. The van der Waals surface area contributed by atoms with Gasteiger partial charge in [-0.3, -0.25) is 4.79 Å². The summed E-state index contributed by atoms with van der Waals surface area (Å²) in [6, 6.07) is 13.3. The molecule has 2 aromatic rings. The summed E-state index contributed by atoms with van der Waals surface area (Å²) in [5.41, 5.74) is 0. The van der Waals surface area contributed by atoms with Crippen molar-refractivity contribution < 1.29 is 23.4 Å². The highest BCUT2D eigenvalue weighted by atomic mass is 19.1. The van der Waals surface area contributed by atoms with Crippen LogP contribution in [-0.4, -0.2) is 31.8 Å². The van der Waals surface area contributed by atoms with Crippen molar-refractivity contribution in [3.05, 3.63) is 54.3 Å². The van der Waals surface area contributed by atoms with Crippen LogP contribution in [0.5, 0.6) is 17.2 Å². The maximum Gasteiger partial charge on any atom is 0.258 e. The summed E-state index contributed by atoms with van der Waals surface area (Å²) in [6.07, 6.45) is -0.276. The van der Waals surface area contributed by atoms with Crippen LogP contribution in [0.2, 0.25) is 0 Å². The fourth-order valence-electron chi connectivity index (χ4n) is 2.15. The molecule has 23 heavy (non-hydrogen) atoms. The van der Waals surface area contributed by atoms with Crippen molar-refractivity contribution in [2.24, 2.45) is 0 Å². The Kier molecular flexibility index (Phi) is 4.61. The summed E-state index contributed by atoms with van der Waals surface area (Å²) >= 11 is 0. The van der Waals surface area contributed by atoms with E-state index in [2.05, 4.69) is 5.32 Å². The summed E-state index contributed by atoms with van der Waals surface area (Å²) in [5.74, 6) is 0.545. The molecule has 0 bridgehead atoms. The van der Waals surface area contributed by atoms with Gasteiger partial charge in [-0.15, -0.1) is 0 Å². The van der Waals surface area contributed by atoms with Gasteiger partial charge in [-0.2, -0.15) is 0 Å². The van der Waals surface area contributed by atoms with Crippen molar-refractivity contribution in [1.29, 1.82) is 0 Å². The number of amides is 1. The lowest BCUT2D eigenvalue weighted by molar-refractivity contribution is -0.123. The molecule has 3 rings (SSSR count). The molecule has 0 aromatic heterocycles. The molecule has 1 aliphatic heterocycles. The molecule has 1 atom stereocenters. The first-order chi connectivity index (χ1) is 11.2. The van der Waals surface area contributed by atoms with Crippen LogP contribution in [0, 0.1) is 5.82 Å². The molecule has 2 aromatic carbocycles. The van der Waals surface area contributed by atoms with E-state index in [1.807, 2.05) is 24.3 Å². The number of halogens is 1. The summed E-state index contributed by atoms with van der Waals surface area (Å²) in [6.45, 7) is 0.379. The molecule has 120 valence electrons. The molecule has 0 radical (unpaired) electrons. The van der Waals surface area contributed by atoms with E-state index in [1.165, 1.54) is 12.1 Å². The summed E-state index contributed by atoms with van der Waals surface area (Å²) in [5, 5.41) is 2.68. The van der Waals surface area contributed by atoms with Crippen LogP contribution < -0.4 is 19.5 Å². The van der Waals surface area contributed by atoms with E-state index >= 15 is 0 Å². The zero-order valence-electron chi connectivity index (χ0n) is 12.3. The molecular formula is C17H16FNO4. The number of rotatable bonds is 5. The van der Waals surface area contributed by atoms with Crippen molar-refractivity contribution in [2.75, 3.05) is 19.8 Å². The maximum atomic E-state index is 13.4. The Bertz CT molecular complexity index is 692. The van der Waals surface area contributed by atoms with Crippen molar-refractivity contribution in [1.82, 2.24) is 5.32 Å². The number of carbonyl (C=O) groups is 1. The molecule has 0 aliphatic carbocycles. The second kappa shape index (κ2) is 7.00. The number of fused-ring (bicyclic) bond motifs is 1. The van der Waals surface area contributed by atoms with Crippen molar-refractivity contribution >= 4 is 5.91 Å². The van der Waals surface area contributed by atoms with Gasteiger partial charge in [0.2, 0.25) is 0 Å². The van der Waals surface area contributed by atoms with Crippen molar-refractivity contribution in [3.63, 3.8) is 0 Å². The average molecular weight is 317 g/mol. The largest absolute Gasteiger partial charge is 0.486 e. The smallest absolute Gasteiger partial charge is 0.258 e. The lowest BCUT2D eigenvalue weighted by Gasteiger charge is -2.26. The minimum absolute atomic E-state index is 0.0498. The van der Waals surface area contributed by atoms with Gasteiger partial charge in [0, 0.05) is 0 Å². The molecule has 6 heteroatoms. The van der Waals surface area contributed by atoms with Gasteiger partial charge in [0.25, 0.3) is 5.91 Å². The van der Waals surface area contributed by atoms with Gasteiger partial charge in [-0.1, -0.05) is 24.3 Å². The molecule has 1 N–H and O–H groups in total. The van der Waals surface area contributed by atoms with Crippen LogP contribution in [0.1, 0.15) is 0 Å². The van der Waals surface area contributed by atoms with Gasteiger partial charge in [-0.25, -0.2) is 4.39 Å². The second-order valence-corrected chi connectivity index (χ2v) is 5.02. The fourth-order valence-corrected chi connectivity index (χ4v) is 2.15. The Hall–Kier alpha value is -2.76. The first-order valence-corrected chi connectivity index (χ1v) is 7.25. The topological polar surface area (TPSA) is 56.8 Å². The number of hydrogen-bond donors (Lipinski definition) is 1. The molecule has 0 spiro atoms. The fraction of sp³-hybridized carbons (Fsp3) is 0.235. The number of hydrogen-bond acceptors (Lipinski definition) is 4. The lowest BCUT2D eigenvalue weighted by Crippen LogP contribution is -2.42. The predicted molar refractivity (Wildman–Crippen MR) is 81.3 cm³/mol. The van der Waals surface area contributed by atoms with E-state index in [0.29, 0.717) is 18.1 Å². The SMILES string of the molecule is O=C(COc1ccccc1F)NC[C@H]1COc2ccccc2O1. The number of benzene rings is 2. The molecule has 5 nitrogen and oxygen atoms in total. The van der Waals surface area contributed by atoms with Gasteiger partial charge in [0.05, 0.1) is 6.54 Å². The average Bonchev–Trinajstić information content (AvgIpc) is 2.59. The van der Waals surface area contributed by atoms with Crippen LogP contribution in [-0.2, 0) is 4.79 Å². The minimum Gasteiger partial charge on any atom is -0.486 e. The molecule has 0 fully saturated rings. The van der Waals surface area contributed by atoms with Crippen molar-refractivity contribution in [3.8, 4) is 17.2 Å². The summed E-state index contributed by atoms with van der Waals surface area (Å²) in [7, 11) is 0. The monoisotopic (exact) mass is 317 g/mol. The molecular weight excluding hydrogens is 301 g/mol. The van der Waals surface area contributed by atoms with Crippen LogP contribution in [0.25, 0.3) is 0 Å². The minimum atomic E-state index is -0.499. The summed E-state index contributed by atoms with van der Waals surface area (Å²) in [4.78, 5) is 11.8. The first-order valence-electron chi connectivity index (χ1n) is 7.25. The zero-order valence-corrected chi connectivity index (χ0v) is 12.3. The maximum absolute atomic E-state index is 13.4. The third-order valence-corrected chi connectivity index (χ3v) is 3.29. The van der Waals surface area contributed by atoms with Gasteiger partial charge in [0.1, 0.15) is 12.7 Å². The highest BCUT2D eigenvalue weighted by Crippen LogP contribution is 2.30. The van der Waals surface area contributed by atoms with Gasteiger partial charge >= 0.3 is 0 Å². The molecule has 1 heterocycles. The third kappa shape index (κ3) is 3.91. The number of para-hydroxylation sites is 3. The van der Waals surface area contributed by atoms with E-state index in [9.17, 15) is 9.18 Å². The van der Waals surface area contributed by atoms with Gasteiger partial charge in [-0.05, 0) is 24.3 Å². The molecule has 1 aliphatic rings. The second-order valence-electron chi connectivity index (χ2n) is 5.02. The highest BCUT2D eigenvalue weighted by molar-refractivity contribution is 5.77. The zero-order chi connectivity index (χ0) is 16.1. The Labute approximate surface area is 133 Å². The van der Waals surface area contributed by atoms with Crippen LogP contribution in [0.3, 0.4) is 0 Å². The van der Waals surface area contributed by atoms with E-state index in [1.54, 1.807) is 12.1 Å². The highest BCUT2D eigenvalue weighted by Gasteiger charge is 2.21. The first kappa shape index (κ1) is 15.1. The number of nitrogens with one attached hydrogen (secondary N) is 1. The Morgan fingerprint density at radius 1 is 1.17 bits per heavy atom. The quantitative estimate of drug-likeness (QED) is 0.918. The van der Waals surface area contributed by atoms with Crippen LogP contribution in [0.4, 0.5) is 4.39 Å². The van der Waals surface area contributed by atoms with Gasteiger partial charge in [0.15, 0.2) is 29.7 Å². The lowest BCUT2D eigenvalue weighted by atomic mass is 10.2. The molecule has 1 amide bonds. The van der Waals surface area contributed by atoms with Crippen LogP contribution >= 0.6 is 0 Å². The van der Waals surface area contributed by atoms with Gasteiger partial charge < -0.3 is 19.5 Å². The van der Waals surface area contributed by atoms with E-state index in [-0.39, 0.29) is 30.9 Å². The predicted octanol–water partition coefficient (Wildman–Crippen LogP) is 2.16. The normalized spacial score (nSPS) is 15.8. The Morgan fingerprint density at radius 2 is 1.91 bits per heavy atom. The van der Waals surface area contributed by atoms with E-state index in [0.717, 1.165) is 0 Å². The van der Waals surface area contributed by atoms with E-state index < -0.39 is 5.82 Å². The van der Waals surface area contributed by atoms with Crippen molar-refractivity contribution in [2.45, 2.75) is 6.10 Å². The third-order valence-electron chi connectivity index (χ3n) is 3.29.